The first-order valence-corrected chi connectivity index (χ1v) is 4.82. The molecule has 0 spiro atoms. The molecule has 0 fully saturated rings. The molecule has 0 aliphatic carbocycles. The van der Waals surface area contributed by atoms with Gasteiger partial charge < -0.3 is 4.74 Å². The number of ether oxygens (including phenoxy) is 1. The maximum atomic E-state index is 10.9. The minimum Gasteiger partial charge on any atom is -0.469 e. The van der Waals surface area contributed by atoms with Gasteiger partial charge in [0, 0.05) is 5.75 Å². The van der Waals surface area contributed by atoms with E-state index >= 15 is 0 Å². The second-order valence-electron chi connectivity index (χ2n) is 2.81. The Bertz CT molecular complexity index is 123. The maximum absolute atomic E-state index is 10.9. The molecule has 0 aliphatic heterocycles. The second kappa shape index (κ2) is 5.47. The number of rotatable bonds is 4. The summed E-state index contributed by atoms with van der Waals surface area (Å²) >= 11 is 1.78. The molecule has 1 unspecified atom stereocenters. The summed E-state index contributed by atoms with van der Waals surface area (Å²) in [6, 6.07) is 0. The van der Waals surface area contributed by atoms with Gasteiger partial charge >= 0.3 is 5.97 Å². The normalized spacial score (nSPS) is 13.2. The topological polar surface area (TPSA) is 26.3 Å². The molecule has 0 amide bonds. The van der Waals surface area contributed by atoms with Gasteiger partial charge in [0.15, 0.2) is 0 Å². The van der Waals surface area contributed by atoms with E-state index in [9.17, 15) is 4.79 Å². The van der Waals surface area contributed by atoms with Crippen LogP contribution in [0.2, 0.25) is 0 Å². The summed E-state index contributed by atoms with van der Waals surface area (Å²) in [6.07, 6.45) is 0. The molecule has 0 aliphatic rings. The largest absolute Gasteiger partial charge is 0.469 e. The van der Waals surface area contributed by atoms with E-state index in [-0.39, 0.29) is 11.9 Å². The molecule has 0 saturated carbocycles. The molecule has 0 N–H and O–H groups in total. The van der Waals surface area contributed by atoms with Crippen LogP contribution in [0.4, 0.5) is 0 Å². The number of thioether (sulfide) groups is 1. The molecule has 0 aromatic heterocycles. The SMILES string of the molecule is COC(=O)C(C)CSC(C)C. The van der Waals surface area contributed by atoms with E-state index in [1.54, 1.807) is 11.8 Å². The number of carbonyl (C=O) groups is 1. The van der Waals surface area contributed by atoms with Gasteiger partial charge in [0.25, 0.3) is 0 Å². The van der Waals surface area contributed by atoms with Crippen LogP contribution in [0, 0.1) is 5.92 Å². The predicted molar refractivity (Wildman–Crippen MR) is 48.8 cm³/mol. The van der Waals surface area contributed by atoms with Crippen molar-refractivity contribution in [3.05, 3.63) is 0 Å². The number of methoxy groups -OCH3 is 1. The van der Waals surface area contributed by atoms with Crippen molar-refractivity contribution in [3.63, 3.8) is 0 Å². The Kier molecular flexibility index (Phi) is 5.38. The van der Waals surface area contributed by atoms with Crippen molar-refractivity contribution < 1.29 is 9.53 Å². The minimum atomic E-state index is -0.113. The Morgan fingerprint density at radius 2 is 2.00 bits per heavy atom. The molecule has 0 aromatic carbocycles. The van der Waals surface area contributed by atoms with Crippen molar-refractivity contribution in [1.29, 1.82) is 0 Å². The number of esters is 1. The standard InChI is InChI=1S/C8H16O2S/c1-6(2)11-5-7(3)8(9)10-4/h6-7H,5H2,1-4H3. The van der Waals surface area contributed by atoms with Crippen LogP contribution in [0.1, 0.15) is 20.8 Å². The van der Waals surface area contributed by atoms with Crippen LogP contribution in [0.25, 0.3) is 0 Å². The molecule has 0 aromatic rings. The Morgan fingerprint density at radius 3 is 2.36 bits per heavy atom. The fourth-order valence-electron chi connectivity index (χ4n) is 0.606. The molecule has 11 heavy (non-hydrogen) atoms. The lowest BCUT2D eigenvalue weighted by Crippen LogP contribution is -2.15. The van der Waals surface area contributed by atoms with Crippen LogP contribution in [-0.4, -0.2) is 24.1 Å². The van der Waals surface area contributed by atoms with Gasteiger partial charge in [-0.1, -0.05) is 20.8 Å². The second-order valence-corrected chi connectivity index (χ2v) is 4.42. The summed E-state index contributed by atoms with van der Waals surface area (Å²) in [5.41, 5.74) is 0. The van der Waals surface area contributed by atoms with E-state index < -0.39 is 0 Å². The van der Waals surface area contributed by atoms with Crippen molar-refractivity contribution >= 4 is 17.7 Å². The molecule has 0 rings (SSSR count). The van der Waals surface area contributed by atoms with E-state index in [2.05, 4.69) is 18.6 Å². The van der Waals surface area contributed by atoms with Gasteiger partial charge in [-0.25, -0.2) is 0 Å². The Labute approximate surface area is 72.7 Å². The first-order valence-electron chi connectivity index (χ1n) is 3.77. The third kappa shape index (κ3) is 5.13. The fraction of sp³-hybridized carbons (Fsp3) is 0.875. The third-order valence-corrected chi connectivity index (χ3v) is 2.64. The van der Waals surface area contributed by atoms with Gasteiger partial charge in [0.05, 0.1) is 13.0 Å². The van der Waals surface area contributed by atoms with E-state index in [0.717, 1.165) is 5.75 Å². The molecule has 0 bridgehead atoms. The Morgan fingerprint density at radius 1 is 1.45 bits per heavy atom. The summed E-state index contributed by atoms with van der Waals surface area (Å²) in [5.74, 6) is 0.759. The monoisotopic (exact) mass is 176 g/mol. The molecule has 0 radical (unpaired) electrons. The van der Waals surface area contributed by atoms with Crippen LogP contribution in [-0.2, 0) is 9.53 Å². The highest BCUT2D eigenvalue weighted by atomic mass is 32.2. The van der Waals surface area contributed by atoms with Crippen LogP contribution >= 0.6 is 11.8 Å². The van der Waals surface area contributed by atoms with E-state index in [1.165, 1.54) is 7.11 Å². The summed E-state index contributed by atoms with van der Waals surface area (Å²) in [4.78, 5) is 10.9. The highest BCUT2D eigenvalue weighted by molar-refractivity contribution is 7.99. The third-order valence-electron chi connectivity index (χ3n) is 1.28. The fourth-order valence-corrected chi connectivity index (χ4v) is 1.42. The predicted octanol–water partition coefficient (Wildman–Crippen LogP) is 1.94. The van der Waals surface area contributed by atoms with Crippen molar-refractivity contribution in [1.82, 2.24) is 0 Å². The number of hydrogen-bond acceptors (Lipinski definition) is 3. The summed E-state index contributed by atoms with van der Waals surface area (Å²) in [5, 5.41) is 0.585. The van der Waals surface area contributed by atoms with Crippen LogP contribution < -0.4 is 0 Å². The van der Waals surface area contributed by atoms with Gasteiger partial charge in [0.2, 0.25) is 0 Å². The maximum Gasteiger partial charge on any atom is 0.309 e. The van der Waals surface area contributed by atoms with Crippen LogP contribution in [0.3, 0.4) is 0 Å². The molecule has 66 valence electrons. The lowest BCUT2D eigenvalue weighted by atomic mass is 10.2. The number of hydrogen-bond donors (Lipinski definition) is 0. The molecule has 0 heterocycles. The van der Waals surface area contributed by atoms with Crippen LogP contribution in [0.5, 0.6) is 0 Å². The van der Waals surface area contributed by atoms with E-state index in [1.807, 2.05) is 6.92 Å². The molecule has 2 nitrogen and oxygen atoms in total. The summed E-state index contributed by atoms with van der Waals surface area (Å²) < 4.78 is 4.59. The highest BCUT2D eigenvalue weighted by Gasteiger charge is 2.12. The van der Waals surface area contributed by atoms with Gasteiger partial charge in [-0.15, -0.1) is 0 Å². The van der Waals surface area contributed by atoms with Gasteiger partial charge in [0.1, 0.15) is 0 Å². The molecule has 1 atom stereocenters. The minimum absolute atomic E-state index is 0.0207. The molecular formula is C8H16O2S. The quantitative estimate of drug-likeness (QED) is 0.612. The first-order chi connectivity index (χ1) is 5.07. The highest BCUT2D eigenvalue weighted by Crippen LogP contribution is 2.14. The number of carbonyl (C=O) groups excluding carboxylic acids is 1. The zero-order valence-electron chi connectivity index (χ0n) is 7.59. The first kappa shape index (κ1) is 10.8. The Balaban J connectivity index is 3.52. The Hall–Kier alpha value is -0.180. The molecular weight excluding hydrogens is 160 g/mol. The van der Waals surface area contributed by atoms with Gasteiger partial charge in [-0.2, -0.15) is 11.8 Å². The average Bonchev–Trinajstić information content (AvgIpc) is 1.98. The van der Waals surface area contributed by atoms with E-state index in [4.69, 9.17) is 0 Å². The lowest BCUT2D eigenvalue weighted by Gasteiger charge is -2.09. The van der Waals surface area contributed by atoms with Crippen molar-refractivity contribution in [3.8, 4) is 0 Å². The van der Waals surface area contributed by atoms with Crippen molar-refractivity contribution in [2.45, 2.75) is 26.0 Å². The zero-order valence-corrected chi connectivity index (χ0v) is 8.40. The summed E-state index contributed by atoms with van der Waals surface area (Å²) in [7, 11) is 1.43. The van der Waals surface area contributed by atoms with E-state index in [0.29, 0.717) is 5.25 Å². The molecule has 0 saturated heterocycles. The van der Waals surface area contributed by atoms with Crippen LogP contribution in [0.15, 0.2) is 0 Å². The zero-order chi connectivity index (χ0) is 8.85. The smallest absolute Gasteiger partial charge is 0.309 e. The van der Waals surface area contributed by atoms with Gasteiger partial charge in [-0.05, 0) is 5.25 Å². The van der Waals surface area contributed by atoms with Crippen molar-refractivity contribution in [2.75, 3.05) is 12.9 Å². The lowest BCUT2D eigenvalue weighted by molar-refractivity contribution is -0.143. The van der Waals surface area contributed by atoms with Gasteiger partial charge in [-0.3, -0.25) is 4.79 Å². The average molecular weight is 176 g/mol. The van der Waals surface area contributed by atoms with Crippen molar-refractivity contribution in [2.24, 2.45) is 5.92 Å². The molecule has 3 heteroatoms. The summed E-state index contributed by atoms with van der Waals surface area (Å²) in [6.45, 7) is 6.13.